The standard InChI is InChI=1S/C25H35N3O2/c1-8-23(29)26-21-14-15-22(27(6)7)20(16-21)17-28(24(30)25(3,4)5)18(2)19-12-10-9-11-13-19/h9-16,18H,8,17H2,1-7H3,(H,26,29). The van der Waals surface area contributed by atoms with Crippen LogP contribution in [0.1, 0.15) is 58.2 Å². The molecule has 1 unspecified atom stereocenters. The van der Waals surface area contributed by atoms with Crippen molar-refractivity contribution in [3.8, 4) is 0 Å². The van der Waals surface area contributed by atoms with E-state index in [2.05, 4.69) is 24.4 Å². The Labute approximate surface area is 181 Å². The second-order valence-electron chi connectivity index (χ2n) is 8.91. The van der Waals surface area contributed by atoms with Gasteiger partial charge in [0.1, 0.15) is 0 Å². The molecular weight excluding hydrogens is 374 g/mol. The van der Waals surface area contributed by atoms with Gasteiger partial charge in [0, 0.05) is 43.9 Å². The van der Waals surface area contributed by atoms with Gasteiger partial charge in [-0.05, 0) is 36.2 Å². The Kier molecular flexibility index (Phi) is 7.65. The first-order valence-corrected chi connectivity index (χ1v) is 10.5. The van der Waals surface area contributed by atoms with Gasteiger partial charge in [0.15, 0.2) is 0 Å². The SMILES string of the molecule is CCC(=O)Nc1ccc(N(C)C)c(CN(C(=O)C(C)(C)C)C(C)c2ccccc2)c1. The smallest absolute Gasteiger partial charge is 0.228 e. The molecule has 0 aliphatic carbocycles. The zero-order chi connectivity index (χ0) is 22.5. The highest BCUT2D eigenvalue weighted by Gasteiger charge is 2.31. The van der Waals surface area contributed by atoms with E-state index >= 15 is 0 Å². The summed E-state index contributed by atoms with van der Waals surface area (Å²) in [5.41, 5.74) is 3.36. The first-order chi connectivity index (χ1) is 14.0. The molecule has 2 amide bonds. The van der Waals surface area contributed by atoms with E-state index in [1.807, 2.05) is 88.0 Å². The molecule has 1 N–H and O–H groups in total. The van der Waals surface area contributed by atoms with Crippen LogP contribution < -0.4 is 10.2 Å². The van der Waals surface area contributed by atoms with Gasteiger partial charge in [0.25, 0.3) is 0 Å². The predicted molar refractivity (Wildman–Crippen MR) is 125 cm³/mol. The molecule has 2 aromatic rings. The molecule has 5 heteroatoms. The molecule has 2 aromatic carbocycles. The minimum atomic E-state index is -0.505. The number of nitrogens with zero attached hydrogens (tertiary/aromatic N) is 2. The summed E-state index contributed by atoms with van der Waals surface area (Å²) in [5, 5.41) is 2.93. The zero-order valence-corrected chi connectivity index (χ0v) is 19.3. The highest BCUT2D eigenvalue weighted by atomic mass is 16.2. The van der Waals surface area contributed by atoms with Crippen LogP contribution in [0.5, 0.6) is 0 Å². The molecule has 0 spiro atoms. The topological polar surface area (TPSA) is 52.7 Å². The van der Waals surface area contributed by atoms with Crippen molar-refractivity contribution < 1.29 is 9.59 Å². The molecule has 0 saturated carbocycles. The minimum absolute atomic E-state index is 0.0289. The Morgan fingerprint density at radius 2 is 1.67 bits per heavy atom. The van der Waals surface area contributed by atoms with Crippen LogP contribution >= 0.6 is 0 Å². The average Bonchev–Trinajstić information content (AvgIpc) is 2.70. The Hall–Kier alpha value is -2.82. The molecule has 30 heavy (non-hydrogen) atoms. The van der Waals surface area contributed by atoms with Gasteiger partial charge in [-0.2, -0.15) is 0 Å². The summed E-state index contributed by atoms with van der Waals surface area (Å²) in [4.78, 5) is 29.3. The second-order valence-corrected chi connectivity index (χ2v) is 8.91. The van der Waals surface area contributed by atoms with Crippen LogP contribution in [0.4, 0.5) is 11.4 Å². The second kappa shape index (κ2) is 9.79. The summed E-state index contributed by atoms with van der Waals surface area (Å²) in [6, 6.07) is 15.9. The van der Waals surface area contributed by atoms with Crippen LogP contribution in [-0.4, -0.2) is 30.8 Å². The van der Waals surface area contributed by atoms with E-state index < -0.39 is 5.41 Å². The Balaban J connectivity index is 2.48. The highest BCUT2D eigenvalue weighted by molar-refractivity contribution is 5.91. The third-order valence-electron chi connectivity index (χ3n) is 5.16. The number of benzene rings is 2. The summed E-state index contributed by atoms with van der Waals surface area (Å²) in [6.07, 6.45) is 0.421. The number of carbonyl (C=O) groups is 2. The fourth-order valence-electron chi connectivity index (χ4n) is 3.39. The minimum Gasteiger partial charge on any atom is -0.377 e. The lowest BCUT2D eigenvalue weighted by Gasteiger charge is -2.35. The van der Waals surface area contributed by atoms with Gasteiger partial charge < -0.3 is 15.1 Å². The van der Waals surface area contributed by atoms with E-state index in [9.17, 15) is 9.59 Å². The first kappa shape index (κ1) is 23.5. The van der Waals surface area contributed by atoms with Crippen LogP contribution in [0.2, 0.25) is 0 Å². The van der Waals surface area contributed by atoms with Gasteiger partial charge in [-0.25, -0.2) is 0 Å². The van der Waals surface area contributed by atoms with Crippen molar-refractivity contribution >= 4 is 23.2 Å². The van der Waals surface area contributed by atoms with Crippen molar-refractivity contribution in [1.82, 2.24) is 4.90 Å². The van der Waals surface area contributed by atoms with E-state index in [0.717, 1.165) is 22.5 Å². The number of anilines is 2. The number of amides is 2. The van der Waals surface area contributed by atoms with Gasteiger partial charge in [-0.3, -0.25) is 9.59 Å². The fourth-order valence-corrected chi connectivity index (χ4v) is 3.39. The maximum atomic E-state index is 13.4. The average molecular weight is 410 g/mol. The maximum absolute atomic E-state index is 13.4. The van der Waals surface area contributed by atoms with Crippen LogP contribution in [0.3, 0.4) is 0 Å². The Morgan fingerprint density at radius 1 is 1.03 bits per heavy atom. The molecular formula is C25H35N3O2. The molecule has 0 aliphatic heterocycles. The molecule has 0 fully saturated rings. The molecule has 5 nitrogen and oxygen atoms in total. The summed E-state index contributed by atoms with van der Waals surface area (Å²) >= 11 is 0. The number of hydrogen-bond donors (Lipinski definition) is 1. The molecule has 0 radical (unpaired) electrons. The molecule has 0 heterocycles. The van der Waals surface area contributed by atoms with Crippen molar-refractivity contribution in [3.63, 3.8) is 0 Å². The van der Waals surface area contributed by atoms with Crippen LogP contribution in [0, 0.1) is 5.41 Å². The van der Waals surface area contributed by atoms with E-state index in [-0.39, 0.29) is 17.9 Å². The summed E-state index contributed by atoms with van der Waals surface area (Å²) < 4.78 is 0. The lowest BCUT2D eigenvalue weighted by atomic mass is 9.92. The Bertz CT molecular complexity index is 870. The van der Waals surface area contributed by atoms with E-state index in [4.69, 9.17) is 0 Å². The van der Waals surface area contributed by atoms with E-state index in [1.54, 1.807) is 0 Å². The van der Waals surface area contributed by atoms with Crippen molar-refractivity contribution in [2.45, 2.75) is 53.6 Å². The summed E-state index contributed by atoms with van der Waals surface area (Å²) in [5.74, 6) is 0.0605. The van der Waals surface area contributed by atoms with Crippen molar-refractivity contribution in [3.05, 3.63) is 59.7 Å². The number of nitrogens with one attached hydrogen (secondary N) is 1. The van der Waals surface area contributed by atoms with Crippen LogP contribution in [0.15, 0.2) is 48.5 Å². The van der Waals surface area contributed by atoms with Crippen LogP contribution in [-0.2, 0) is 16.1 Å². The van der Waals surface area contributed by atoms with Crippen molar-refractivity contribution in [2.75, 3.05) is 24.3 Å². The van der Waals surface area contributed by atoms with Crippen LogP contribution in [0.25, 0.3) is 0 Å². The molecule has 0 bridgehead atoms. The lowest BCUT2D eigenvalue weighted by molar-refractivity contribution is -0.142. The quantitative estimate of drug-likeness (QED) is 0.681. The molecule has 0 saturated heterocycles. The monoisotopic (exact) mass is 409 g/mol. The predicted octanol–water partition coefficient (Wildman–Crippen LogP) is 5.24. The summed E-state index contributed by atoms with van der Waals surface area (Å²) in [7, 11) is 3.97. The lowest BCUT2D eigenvalue weighted by Crippen LogP contribution is -2.40. The molecule has 2 rings (SSSR count). The van der Waals surface area contributed by atoms with Gasteiger partial charge in [-0.15, -0.1) is 0 Å². The van der Waals surface area contributed by atoms with Crippen molar-refractivity contribution in [2.24, 2.45) is 5.41 Å². The molecule has 162 valence electrons. The number of rotatable bonds is 7. The normalized spacial score (nSPS) is 12.2. The first-order valence-electron chi connectivity index (χ1n) is 10.5. The van der Waals surface area contributed by atoms with Gasteiger partial charge >= 0.3 is 0 Å². The highest BCUT2D eigenvalue weighted by Crippen LogP contribution is 2.32. The fraction of sp³-hybridized carbons (Fsp3) is 0.440. The largest absolute Gasteiger partial charge is 0.377 e. The maximum Gasteiger partial charge on any atom is 0.228 e. The van der Waals surface area contributed by atoms with E-state index in [0.29, 0.717) is 13.0 Å². The van der Waals surface area contributed by atoms with E-state index in [1.165, 1.54) is 0 Å². The molecule has 0 aromatic heterocycles. The summed E-state index contributed by atoms with van der Waals surface area (Å²) in [6.45, 7) is 10.2. The van der Waals surface area contributed by atoms with Crippen molar-refractivity contribution in [1.29, 1.82) is 0 Å². The third-order valence-corrected chi connectivity index (χ3v) is 5.16. The van der Waals surface area contributed by atoms with Gasteiger partial charge in [0.2, 0.25) is 11.8 Å². The third kappa shape index (κ3) is 5.85. The molecule has 0 aliphatic rings. The zero-order valence-electron chi connectivity index (χ0n) is 19.3. The number of hydrogen-bond acceptors (Lipinski definition) is 3. The van der Waals surface area contributed by atoms with Gasteiger partial charge in [-0.1, -0.05) is 58.0 Å². The Morgan fingerprint density at radius 3 is 2.20 bits per heavy atom. The van der Waals surface area contributed by atoms with Gasteiger partial charge in [0.05, 0.1) is 6.04 Å². The number of carbonyl (C=O) groups excluding carboxylic acids is 2. The molecule has 1 atom stereocenters.